The first-order chi connectivity index (χ1) is 5.25. The molecule has 60 valence electrons. The summed E-state index contributed by atoms with van der Waals surface area (Å²) >= 11 is 0. The maximum absolute atomic E-state index is 10.3. The molecule has 0 N–H and O–H groups in total. The third kappa shape index (κ3) is 1.60. The molecule has 11 heavy (non-hydrogen) atoms. The van der Waals surface area contributed by atoms with E-state index in [0.29, 0.717) is 0 Å². The smallest absolute Gasteiger partial charge is 0.187 e. The van der Waals surface area contributed by atoms with Gasteiger partial charge in [0, 0.05) is 0 Å². The standard InChI is InChI=1S/C6H10N4O/c1-5(2)6(9-11)10-4-7-3-8-10/h3-6H,1-2H3. The molecular weight excluding hydrogens is 144 g/mol. The molecule has 0 aliphatic heterocycles. The molecule has 1 heterocycles. The third-order valence-electron chi connectivity index (χ3n) is 1.41. The summed E-state index contributed by atoms with van der Waals surface area (Å²) in [7, 11) is 0. The van der Waals surface area contributed by atoms with Crippen molar-refractivity contribution < 1.29 is 0 Å². The Morgan fingerprint density at radius 2 is 2.27 bits per heavy atom. The zero-order chi connectivity index (χ0) is 8.27. The molecule has 0 fully saturated rings. The van der Waals surface area contributed by atoms with Crippen LogP contribution in [0.25, 0.3) is 0 Å². The summed E-state index contributed by atoms with van der Waals surface area (Å²) < 4.78 is 1.46. The Kier molecular flexibility index (Phi) is 2.30. The average molecular weight is 154 g/mol. The molecule has 0 aliphatic carbocycles. The van der Waals surface area contributed by atoms with Crippen LogP contribution in [0.3, 0.4) is 0 Å². The normalized spacial score (nSPS) is 13.4. The predicted molar refractivity (Wildman–Crippen MR) is 39.7 cm³/mol. The minimum atomic E-state index is -0.433. The fourth-order valence-electron chi connectivity index (χ4n) is 0.829. The van der Waals surface area contributed by atoms with Crippen molar-refractivity contribution in [2.24, 2.45) is 11.1 Å². The van der Waals surface area contributed by atoms with Gasteiger partial charge < -0.3 is 0 Å². The Morgan fingerprint density at radius 3 is 2.64 bits per heavy atom. The van der Waals surface area contributed by atoms with Crippen LogP contribution in [-0.2, 0) is 0 Å². The molecule has 0 aromatic carbocycles. The van der Waals surface area contributed by atoms with Gasteiger partial charge >= 0.3 is 0 Å². The molecule has 0 spiro atoms. The van der Waals surface area contributed by atoms with Gasteiger partial charge in [0.05, 0.1) is 0 Å². The molecule has 1 aromatic rings. The zero-order valence-electron chi connectivity index (χ0n) is 6.51. The van der Waals surface area contributed by atoms with Crippen LogP contribution in [0, 0.1) is 10.8 Å². The van der Waals surface area contributed by atoms with Crippen LogP contribution < -0.4 is 0 Å². The summed E-state index contributed by atoms with van der Waals surface area (Å²) in [6.45, 7) is 3.82. The highest BCUT2D eigenvalue weighted by atomic mass is 16.3. The number of nitroso groups, excluding NO2 is 1. The lowest BCUT2D eigenvalue weighted by molar-refractivity contribution is 0.356. The molecule has 1 aromatic heterocycles. The molecule has 0 amide bonds. The first kappa shape index (κ1) is 7.84. The van der Waals surface area contributed by atoms with Crippen LogP contribution in [0.15, 0.2) is 17.8 Å². The van der Waals surface area contributed by atoms with Gasteiger partial charge in [-0.1, -0.05) is 13.8 Å². The van der Waals surface area contributed by atoms with E-state index in [4.69, 9.17) is 0 Å². The van der Waals surface area contributed by atoms with E-state index in [9.17, 15) is 4.91 Å². The van der Waals surface area contributed by atoms with Crippen molar-refractivity contribution in [1.82, 2.24) is 14.8 Å². The van der Waals surface area contributed by atoms with E-state index in [1.54, 1.807) is 0 Å². The molecule has 0 saturated heterocycles. The molecule has 0 aliphatic rings. The predicted octanol–water partition coefficient (Wildman–Crippen LogP) is 1.20. The largest absolute Gasteiger partial charge is 0.224 e. The number of hydrogen-bond donors (Lipinski definition) is 0. The van der Waals surface area contributed by atoms with E-state index >= 15 is 0 Å². The lowest BCUT2D eigenvalue weighted by atomic mass is 10.2. The maximum atomic E-state index is 10.3. The highest BCUT2D eigenvalue weighted by Crippen LogP contribution is 2.16. The van der Waals surface area contributed by atoms with Crippen LogP contribution in [-0.4, -0.2) is 14.8 Å². The summed E-state index contributed by atoms with van der Waals surface area (Å²) in [6.07, 6.45) is 2.45. The quantitative estimate of drug-likeness (QED) is 0.614. The molecule has 0 saturated carbocycles. The monoisotopic (exact) mass is 154 g/mol. The third-order valence-corrected chi connectivity index (χ3v) is 1.41. The fraction of sp³-hybridized carbons (Fsp3) is 0.667. The highest BCUT2D eigenvalue weighted by Gasteiger charge is 2.15. The molecule has 5 nitrogen and oxygen atoms in total. The molecule has 1 unspecified atom stereocenters. The second-order valence-electron chi connectivity index (χ2n) is 2.64. The molecule has 0 radical (unpaired) electrons. The molecule has 1 atom stereocenters. The SMILES string of the molecule is CC(C)C(N=O)n1cncn1. The first-order valence-electron chi connectivity index (χ1n) is 3.42. The van der Waals surface area contributed by atoms with Gasteiger partial charge in [0.2, 0.25) is 0 Å². The van der Waals surface area contributed by atoms with Crippen molar-refractivity contribution >= 4 is 0 Å². The van der Waals surface area contributed by atoms with E-state index in [-0.39, 0.29) is 5.92 Å². The Hall–Kier alpha value is -1.26. The van der Waals surface area contributed by atoms with Gasteiger partial charge in [-0.05, 0) is 11.1 Å². The van der Waals surface area contributed by atoms with Crippen LogP contribution in [0.4, 0.5) is 0 Å². The Morgan fingerprint density at radius 1 is 1.55 bits per heavy atom. The van der Waals surface area contributed by atoms with Crippen LogP contribution in [0.2, 0.25) is 0 Å². The number of hydrogen-bond acceptors (Lipinski definition) is 4. The second kappa shape index (κ2) is 3.23. The van der Waals surface area contributed by atoms with Crippen LogP contribution in [0.1, 0.15) is 20.0 Å². The Balaban J connectivity index is 2.79. The minimum Gasteiger partial charge on any atom is -0.224 e. The van der Waals surface area contributed by atoms with E-state index in [2.05, 4.69) is 15.3 Å². The molecule has 1 rings (SSSR count). The van der Waals surface area contributed by atoms with Gasteiger partial charge in [-0.2, -0.15) is 5.10 Å². The van der Waals surface area contributed by atoms with Gasteiger partial charge in [0.25, 0.3) is 0 Å². The summed E-state index contributed by atoms with van der Waals surface area (Å²) in [5, 5.41) is 6.76. The average Bonchev–Trinajstić information content (AvgIpc) is 2.40. The van der Waals surface area contributed by atoms with Crippen molar-refractivity contribution in [2.75, 3.05) is 0 Å². The highest BCUT2D eigenvalue weighted by molar-refractivity contribution is 4.68. The van der Waals surface area contributed by atoms with Gasteiger partial charge in [-0.15, -0.1) is 4.91 Å². The lowest BCUT2D eigenvalue weighted by Crippen LogP contribution is -2.12. The summed E-state index contributed by atoms with van der Waals surface area (Å²) in [5.41, 5.74) is 0. The number of aromatic nitrogens is 3. The van der Waals surface area contributed by atoms with E-state index in [1.165, 1.54) is 17.3 Å². The van der Waals surface area contributed by atoms with Gasteiger partial charge in [-0.3, -0.25) is 0 Å². The van der Waals surface area contributed by atoms with Crippen LogP contribution >= 0.6 is 0 Å². The van der Waals surface area contributed by atoms with Crippen molar-refractivity contribution in [2.45, 2.75) is 20.0 Å². The topological polar surface area (TPSA) is 60.1 Å². The molecule has 0 bridgehead atoms. The molecule has 5 heteroatoms. The van der Waals surface area contributed by atoms with Crippen molar-refractivity contribution in [3.8, 4) is 0 Å². The van der Waals surface area contributed by atoms with E-state index in [0.717, 1.165) is 0 Å². The lowest BCUT2D eigenvalue weighted by Gasteiger charge is -2.11. The van der Waals surface area contributed by atoms with Crippen molar-refractivity contribution in [1.29, 1.82) is 0 Å². The zero-order valence-corrected chi connectivity index (χ0v) is 6.51. The van der Waals surface area contributed by atoms with E-state index < -0.39 is 6.17 Å². The Labute approximate surface area is 64.4 Å². The van der Waals surface area contributed by atoms with Crippen molar-refractivity contribution in [3.05, 3.63) is 17.6 Å². The number of nitrogens with zero attached hydrogens (tertiary/aromatic N) is 4. The number of rotatable bonds is 3. The summed E-state index contributed by atoms with van der Waals surface area (Å²) in [6, 6.07) is 0. The van der Waals surface area contributed by atoms with Crippen LogP contribution in [0.5, 0.6) is 0 Å². The Bertz CT molecular complexity index is 218. The fourth-order valence-corrected chi connectivity index (χ4v) is 0.829. The maximum Gasteiger partial charge on any atom is 0.187 e. The van der Waals surface area contributed by atoms with Gasteiger partial charge in [-0.25, -0.2) is 9.67 Å². The van der Waals surface area contributed by atoms with Gasteiger partial charge in [0.15, 0.2) is 6.17 Å². The van der Waals surface area contributed by atoms with Gasteiger partial charge in [0.1, 0.15) is 12.7 Å². The second-order valence-corrected chi connectivity index (χ2v) is 2.64. The van der Waals surface area contributed by atoms with E-state index in [1.807, 2.05) is 13.8 Å². The van der Waals surface area contributed by atoms with Crippen molar-refractivity contribution in [3.63, 3.8) is 0 Å². The summed E-state index contributed by atoms with van der Waals surface area (Å²) in [5.74, 6) is 0.147. The summed E-state index contributed by atoms with van der Waals surface area (Å²) in [4.78, 5) is 14.0. The molecular formula is C6H10N4O. The first-order valence-corrected chi connectivity index (χ1v) is 3.42. The minimum absolute atomic E-state index is 0.147.